The molecule has 1 aromatic carbocycles. The Labute approximate surface area is 109 Å². The summed E-state index contributed by atoms with van der Waals surface area (Å²) >= 11 is 0. The van der Waals surface area contributed by atoms with E-state index in [1.54, 1.807) is 0 Å². The summed E-state index contributed by atoms with van der Waals surface area (Å²) in [7, 11) is -1.19. The Morgan fingerprint density at radius 3 is 2.17 bits per heavy atom. The Kier molecular flexibility index (Phi) is 4.99. The fourth-order valence-electron chi connectivity index (χ4n) is 1.48. The maximum atomic E-state index is 13.0. The van der Waals surface area contributed by atoms with Gasteiger partial charge >= 0.3 is 0 Å². The molecule has 18 heavy (non-hydrogen) atoms. The standard InChI is InChI=1S/C13H19F2NOS/c1-9(16-18(17)13(2,3)4)5-10-6-11(14)8-12(15)7-10/h6-9,16H,5H2,1-4H3. The molecule has 0 radical (unpaired) electrons. The summed E-state index contributed by atoms with van der Waals surface area (Å²) in [5, 5.41) is 0. The van der Waals surface area contributed by atoms with Gasteiger partial charge in [-0.25, -0.2) is 17.7 Å². The van der Waals surface area contributed by atoms with E-state index in [1.165, 1.54) is 12.1 Å². The third-order valence-electron chi connectivity index (χ3n) is 2.33. The van der Waals surface area contributed by atoms with Crippen molar-refractivity contribution >= 4 is 11.0 Å². The van der Waals surface area contributed by atoms with Gasteiger partial charge < -0.3 is 0 Å². The van der Waals surface area contributed by atoms with Crippen molar-refractivity contribution in [3.63, 3.8) is 0 Å². The Morgan fingerprint density at radius 2 is 1.72 bits per heavy atom. The maximum Gasteiger partial charge on any atom is 0.126 e. The smallest absolute Gasteiger partial charge is 0.126 e. The van der Waals surface area contributed by atoms with Crippen molar-refractivity contribution in [1.29, 1.82) is 0 Å². The van der Waals surface area contributed by atoms with E-state index >= 15 is 0 Å². The number of halogens is 2. The Balaban J connectivity index is 2.65. The van der Waals surface area contributed by atoms with Gasteiger partial charge in [0.05, 0.1) is 15.7 Å². The van der Waals surface area contributed by atoms with Gasteiger partial charge in [-0.1, -0.05) is 0 Å². The van der Waals surface area contributed by atoms with E-state index in [1.807, 2.05) is 27.7 Å². The van der Waals surface area contributed by atoms with Crippen LogP contribution < -0.4 is 4.72 Å². The molecule has 5 heteroatoms. The molecule has 0 amide bonds. The zero-order valence-corrected chi connectivity index (χ0v) is 11.9. The fraction of sp³-hybridized carbons (Fsp3) is 0.538. The van der Waals surface area contributed by atoms with Crippen LogP contribution in [0.3, 0.4) is 0 Å². The lowest BCUT2D eigenvalue weighted by Crippen LogP contribution is -2.39. The van der Waals surface area contributed by atoms with E-state index in [4.69, 9.17) is 0 Å². The van der Waals surface area contributed by atoms with Crippen LogP contribution in [-0.2, 0) is 17.4 Å². The van der Waals surface area contributed by atoms with E-state index in [9.17, 15) is 13.0 Å². The summed E-state index contributed by atoms with van der Waals surface area (Å²) in [5.41, 5.74) is 0.554. The number of benzene rings is 1. The minimum atomic E-state index is -1.19. The first-order valence-corrected chi connectivity index (χ1v) is 6.96. The van der Waals surface area contributed by atoms with Crippen molar-refractivity contribution < 1.29 is 13.0 Å². The van der Waals surface area contributed by atoms with Gasteiger partial charge in [0.2, 0.25) is 0 Å². The van der Waals surface area contributed by atoms with Crippen LogP contribution in [0.5, 0.6) is 0 Å². The third kappa shape index (κ3) is 4.82. The lowest BCUT2D eigenvalue weighted by atomic mass is 10.1. The minimum Gasteiger partial charge on any atom is -0.242 e. The van der Waals surface area contributed by atoms with Gasteiger partial charge in [0.15, 0.2) is 0 Å². The molecule has 0 saturated heterocycles. The topological polar surface area (TPSA) is 29.1 Å². The largest absolute Gasteiger partial charge is 0.242 e. The molecule has 2 unspecified atom stereocenters. The van der Waals surface area contributed by atoms with E-state index in [0.717, 1.165) is 6.07 Å². The molecule has 0 aliphatic carbocycles. The first-order chi connectivity index (χ1) is 8.18. The van der Waals surface area contributed by atoms with Crippen LogP contribution in [0, 0.1) is 11.6 Å². The lowest BCUT2D eigenvalue weighted by molar-refractivity contribution is 0.572. The summed E-state index contributed by atoms with van der Waals surface area (Å²) < 4.78 is 40.4. The summed E-state index contributed by atoms with van der Waals surface area (Å²) in [6, 6.07) is 3.31. The second kappa shape index (κ2) is 5.89. The van der Waals surface area contributed by atoms with E-state index < -0.39 is 22.6 Å². The molecule has 0 aromatic heterocycles. The molecular weight excluding hydrogens is 256 g/mol. The van der Waals surface area contributed by atoms with Crippen LogP contribution >= 0.6 is 0 Å². The van der Waals surface area contributed by atoms with Crippen molar-refractivity contribution in [1.82, 2.24) is 4.72 Å². The van der Waals surface area contributed by atoms with Crippen molar-refractivity contribution in [3.8, 4) is 0 Å². The first kappa shape index (κ1) is 15.2. The van der Waals surface area contributed by atoms with Crippen molar-refractivity contribution in [2.24, 2.45) is 0 Å². The van der Waals surface area contributed by atoms with E-state index in [0.29, 0.717) is 12.0 Å². The second-order valence-electron chi connectivity index (χ2n) is 5.38. The number of hydrogen-bond acceptors (Lipinski definition) is 1. The highest BCUT2D eigenvalue weighted by molar-refractivity contribution is 7.84. The highest BCUT2D eigenvalue weighted by Gasteiger charge is 2.21. The van der Waals surface area contributed by atoms with Crippen LogP contribution in [0.1, 0.15) is 33.3 Å². The highest BCUT2D eigenvalue weighted by Crippen LogP contribution is 2.13. The van der Waals surface area contributed by atoms with E-state index in [-0.39, 0.29) is 10.8 Å². The second-order valence-corrected chi connectivity index (χ2v) is 7.38. The normalized spacial score (nSPS) is 15.4. The molecule has 0 aliphatic rings. The Bertz CT molecular complexity index is 423. The molecule has 1 N–H and O–H groups in total. The predicted octanol–water partition coefficient (Wildman–Crippen LogP) is 2.95. The highest BCUT2D eigenvalue weighted by atomic mass is 32.2. The van der Waals surface area contributed by atoms with Crippen LogP contribution in [0.2, 0.25) is 0 Å². The molecule has 1 rings (SSSR count). The lowest BCUT2D eigenvalue weighted by Gasteiger charge is -2.22. The van der Waals surface area contributed by atoms with Gasteiger partial charge in [0.25, 0.3) is 0 Å². The SMILES string of the molecule is CC(Cc1cc(F)cc(F)c1)NS(=O)C(C)(C)C. The van der Waals surface area contributed by atoms with Crippen LogP contribution in [0.15, 0.2) is 18.2 Å². The van der Waals surface area contributed by atoms with Gasteiger partial charge in [-0.15, -0.1) is 0 Å². The first-order valence-electron chi connectivity index (χ1n) is 5.81. The fourth-order valence-corrected chi connectivity index (χ4v) is 2.29. The molecule has 2 nitrogen and oxygen atoms in total. The predicted molar refractivity (Wildman–Crippen MR) is 70.6 cm³/mol. The molecular formula is C13H19F2NOS. The van der Waals surface area contributed by atoms with Crippen LogP contribution in [0.25, 0.3) is 0 Å². The van der Waals surface area contributed by atoms with Gasteiger partial charge in [-0.2, -0.15) is 0 Å². The van der Waals surface area contributed by atoms with Crippen LogP contribution in [-0.4, -0.2) is 15.0 Å². The molecule has 0 fully saturated rings. The average Bonchev–Trinajstić information content (AvgIpc) is 2.13. The molecule has 0 saturated carbocycles. The maximum absolute atomic E-state index is 13.0. The number of hydrogen-bond donors (Lipinski definition) is 1. The minimum absolute atomic E-state index is 0.119. The monoisotopic (exact) mass is 275 g/mol. The molecule has 0 aliphatic heterocycles. The summed E-state index contributed by atoms with van der Waals surface area (Å²) in [4.78, 5) is 0. The zero-order chi connectivity index (χ0) is 13.9. The average molecular weight is 275 g/mol. The van der Waals surface area contributed by atoms with Gasteiger partial charge in [-0.3, -0.25) is 0 Å². The summed E-state index contributed by atoms with van der Waals surface area (Å²) in [5.74, 6) is -1.18. The molecule has 102 valence electrons. The van der Waals surface area contributed by atoms with Crippen molar-refractivity contribution in [2.45, 2.75) is 44.9 Å². The molecule has 0 bridgehead atoms. The molecule has 1 aromatic rings. The number of nitrogens with one attached hydrogen (secondary N) is 1. The zero-order valence-electron chi connectivity index (χ0n) is 11.1. The third-order valence-corrected chi connectivity index (χ3v) is 4.06. The van der Waals surface area contributed by atoms with Crippen LogP contribution in [0.4, 0.5) is 8.78 Å². The molecule has 0 heterocycles. The molecule has 0 spiro atoms. The summed E-state index contributed by atoms with van der Waals surface area (Å²) in [6.45, 7) is 7.44. The van der Waals surface area contributed by atoms with Gasteiger partial charge in [-0.05, 0) is 51.8 Å². The van der Waals surface area contributed by atoms with Crippen molar-refractivity contribution in [2.75, 3.05) is 0 Å². The Morgan fingerprint density at radius 1 is 1.22 bits per heavy atom. The molecule has 2 atom stereocenters. The number of rotatable bonds is 4. The van der Waals surface area contributed by atoms with Gasteiger partial charge in [0, 0.05) is 12.1 Å². The van der Waals surface area contributed by atoms with E-state index in [2.05, 4.69) is 4.72 Å². The van der Waals surface area contributed by atoms with Crippen molar-refractivity contribution in [3.05, 3.63) is 35.4 Å². The summed E-state index contributed by atoms with van der Waals surface area (Å²) in [6.07, 6.45) is 0.427. The Hall–Kier alpha value is -0.810. The quantitative estimate of drug-likeness (QED) is 0.899. The van der Waals surface area contributed by atoms with Gasteiger partial charge in [0.1, 0.15) is 11.6 Å².